The highest BCUT2D eigenvalue weighted by molar-refractivity contribution is 6.13. The van der Waals surface area contributed by atoms with Crippen molar-refractivity contribution in [2.75, 3.05) is 0 Å². The molecule has 2 aromatic heterocycles. The summed E-state index contributed by atoms with van der Waals surface area (Å²) in [6.07, 6.45) is 4.61. The van der Waals surface area contributed by atoms with Gasteiger partial charge in [-0.25, -0.2) is 0 Å². The molecule has 1 aliphatic heterocycles. The molecule has 3 heterocycles. The first-order chi connectivity index (χ1) is 25.3. The predicted octanol–water partition coefficient (Wildman–Crippen LogP) is 12.0. The van der Waals surface area contributed by atoms with Gasteiger partial charge in [-0.1, -0.05) is 115 Å². The van der Waals surface area contributed by atoms with E-state index >= 15 is 0 Å². The minimum atomic E-state index is -0.0853. The number of aromatic nitrogens is 2. The molecule has 0 amide bonds. The number of rotatable bonds is 4. The van der Waals surface area contributed by atoms with Crippen LogP contribution in [0, 0.1) is 0 Å². The van der Waals surface area contributed by atoms with Gasteiger partial charge in [0.15, 0.2) is 0 Å². The first-order valence-corrected chi connectivity index (χ1v) is 17.7. The van der Waals surface area contributed by atoms with Crippen LogP contribution < -0.4 is 4.74 Å². The Morgan fingerprint density at radius 2 is 0.980 bits per heavy atom. The van der Waals surface area contributed by atoms with Gasteiger partial charge in [0, 0.05) is 38.5 Å². The Bertz CT molecular complexity index is 2890. The van der Waals surface area contributed by atoms with Crippen molar-refractivity contribution in [2.24, 2.45) is 0 Å². The third-order valence-corrected chi connectivity index (χ3v) is 10.9. The van der Waals surface area contributed by atoms with Crippen LogP contribution in [0.25, 0.3) is 71.7 Å². The van der Waals surface area contributed by atoms with Crippen molar-refractivity contribution >= 4 is 54.9 Å². The molecule has 9 aromatic rings. The van der Waals surface area contributed by atoms with E-state index < -0.39 is 0 Å². The quantitative estimate of drug-likeness (QED) is 0.185. The summed E-state index contributed by atoms with van der Waals surface area (Å²) in [7, 11) is 0. The number of allylic oxidation sites excluding steroid dienone is 2. The lowest BCUT2D eigenvalue weighted by atomic mass is 9.84. The van der Waals surface area contributed by atoms with Gasteiger partial charge in [0.2, 0.25) is 0 Å². The normalized spacial score (nSPS) is 16.6. The third-order valence-electron chi connectivity index (χ3n) is 10.9. The van der Waals surface area contributed by atoms with Gasteiger partial charge in [0.05, 0.1) is 28.0 Å². The Balaban J connectivity index is 1.11. The van der Waals surface area contributed by atoms with Crippen molar-refractivity contribution in [2.45, 2.75) is 12.0 Å². The smallest absolute Gasteiger partial charge is 0.130 e. The average molecular weight is 653 g/mol. The maximum Gasteiger partial charge on any atom is 0.130 e. The lowest BCUT2D eigenvalue weighted by Crippen LogP contribution is -2.23. The fourth-order valence-electron chi connectivity index (χ4n) is 8.62. The van der Waals surface area contributed by atoms with Crippen molar-refractivity contribution < 1.29 is 4.74 Å². The molecule has 1 aliphatic carbocycles. The summed E-state index contributed by atoms with van der Waals surface area (Å²) >= 11 is 0. The Morgan fingerprint density at radius 3 is 1.69 bits per heavy atom. The number of hydrogen-bond donors (Lipinski definition) is 0. The summed E-state index contributed by atoms with van der Waals surface area (Å²) in [6, 6.07) is 61.4. The number of hydrogen-bond acceptors (Lipinski definition) is 1. The molecule has 0 saturated carbocycles. The molecule has 0 saturated heterocycles. The van der Waals surface area contributed by atoms with Crippen molar-refractivity contribution in [3.63, 3.8) is 0 Å². The molecule has 2 atom stereocenters. The first-order valence-electron chi connectivity index (χ1n) is 17.7. The van der Waals surface area contributed by atoms with Gasteiger partial charge in [-0.15, -0.1) is 0 Å². The molecule has 3 heteroatoms. The summed E-state index contributed by atoms with van der Waals surface area (Å²) in [5.74, 6) is 1.05. The van der Waals surface area contributed by atoms with Crippen LogP contribution in [0.15, 0.2) is 182 Å². The number of ether oxygens (including phenoxy) is 1. The van der Waals surface area contributed by atoms with E-state index in [4.69, 9.17) is 4.74 Å². The SMILES string of the molecule is C1=C(c2ccccc2)C=C(n2c3ccccc3c3cc(-c4ccc5c(c4)c4ccccc4n5-c4ccccc4)ccc32)C2c3ccccc3OC12. The van der Waals surface area contributed by atoms with Gasteiger partial charge in [-0.05, 0) is 89.0 Å². The second kappa shape index (κ2) is 11.0. The fraction of sp³-hybridized carbons (Fsp3) is 0.0417. The van der Waals surface area contributed by atoms with E-state index in [1.807, 2.05) is 0 Å². The average Bonchev–Trinajstić information content (AvgIpc) is 3.85. The zero-order valence-corrected chi connectivity index (χ0v) is 27.8. The molecule has 2 aliphatic rings. The summed E-state index contributed by atoms with van der Waals surface area (Å²) in [6.45, 7) is 0. The summed E-state index contributed by atoms with van der Waals surface area (Å²) in [4.78, 5) is 0. The summed E-state index contributed by atoms with van der Waals surface area (Å²) in [5, 5.41) is 5.01. The minimum absolute atomic E-state index is 0.0803. The van der Waals surface area contributed by atoms with Crippen LogP contribution in [0.5, 0.6) is 5.75 Å². The molecule has 0 radical (unpaired) electrons. The lowest BCUT2D eigenvalue weighted by molar-refractivity contribution is 0.271. The first kappa shape index (κ1) is 28.3. The van der Waals surface area contributed by atoms with Crippen molar-refractivity contribution in [3.05, 3.63) is 193 Å². The van der Waals surface area contributed by atoms with Gasteiger partial charge in [0.25, 0.3) is 0 Å². The number of fused-ring (bicyclic) bond motifs is 9. The van der Waals surface area contributed by atoms with Gasteiger partial charge >= 0.3 is 0 Å². The Morgan fingerprint density at radius 1 is 0.431 bits per heavy atom. The zero-order chi connectivity index (χ0) is 33.5. The Labute approximate surface area is 295 Å². The van der Waals surface area contributed by atoms with E-state index in [0.717, 1.165) is 5.75 Å². The summed E-state index contributed by atoms with van der Waals surface area (Å²) in [5.41, 5.74) is 13.3. The van der Waals surface area contributed by atoms with Crippen LogP contribution in [0.2, 0.25) is 0 Å². The molecule has 11 rings (SSSR count). The van der Waals surface area contributed by atoms with Crippen LogP contribution in [0.1, 0.15) is 17.0 Å². The molecule has 240 valence electrons. The monoisotopic (exact) mass is 652 g/mol. The highest BCUT2D eigenvalue weighted by Gasteiger charge is 2.39. The highest BCUT2D eigenvalue weighted by Crippen LogP contribution is 2.50. The van der Waals surface area contributed by atoms with Gasteiger partial charge < -0.3 is 13.9 Å². The van der Waals surface area contributed by atoms with E-state index in [9.17, 15) is 0 Å². The third kappa shape index (κ3) is 4.25. The topological polar surface area (TPSA) is 19.1 Å². The molecular weight excluding hydrogens is 621 g/mol. The molecule has 3 nitrogen and oxygen atoms in total. The van der Waals surface area contributed by atoms with Crippen molar-refractivity contribution in [1.82, 2.24) is 9.13 Å². The standard InChI is InChI=1S/C48H32N2O/c1-3-13-31(14-4-1)34-29-45(48-38-19-9-12-22-46(38)51-47(48)30-34)50-42-21-11-8-18-37(42)40-28-33(24-26-44(40)50)32-23-25-43-39(27-32)36-17-7-10-20-41(36)49(43)35-15-5-2-6-16-35/h1-30,47-48H. The van der Waals surface area contributed by atoms with Crippen LogP contribution >= 0.6 is 0 Å². The molecule has 0 spiro atoms. The van der Waals surface area contributed by atoms with Crippen LogP contribution in [-0.2, 0) is 0 Å². The maximum absolute atomic E-state index is 6.66. The van der Waals surface area contributed by atoms with Gasteiger partial charge in [0.1, 0.15) is 11.9 Å². The van der Waals surface area contributed by atoms with E-state index in [1.165, 1.54) is 82.8 Å². The molecule has 0 fully saturated rings. The van der Waals surface area contributed by atoms with E-state index in [2.05, 4.69) is 191 Å². The summed E-state index contributed by atoms with van der Waals surface area (Å²) < 4.78 is 11.5. The predicted molar refractivity (Wildman–Crippen MR) is 212 cm³/mol. The van der Waals surface area contributed by atoms with Crippen molar-refractivity contribution in [3.8, 4) is 22.6 Å². The molecule has 7 aromatic carbocycles. The number of benzene rings is 7. The molecule has 0 N–H and O–H groups in total. The molecular formula is C48H32N2O. The van der Waals surface area contributed by atoms with E-state index in [1.54, 1.807) is 0 Å². The Kier molecular flexibility index (Phi) is 6.08. The van der Waals surface area contributed by atoms with Gasteiger partial charge in [-0.3, -0.25) is 0 Å². The minimum Gasteiger partial charge on any atom is -0.485 e. The largest absolute Gasteiger partial charge is 0.485 e. The second-order valence-electron chi connectivity index (χ2n) is 13.7. The van der Waals surface area contributed by atoms with Crippen molar-refractivity contribution in [1.29, 1.82) is 0 Å². The fourth-order valence-corrected chi connectivity index (χ4v) is 8.62. The Hall–Kier alpha value is -6.58. The van der Waals surface area contributed by atoms with Crippen LogP contribution in [0.3, 0.4) is 0 Å². The molecule has 0 bridgehead atoms. The van der Waals surface area contributed by atoms with E-state index in [0.29, 0.717) is 0 Å². The number of para-hydroxylation sites is 4. The zero-order valence-electron chi connectivity index (χ0n) is 27.8. The number of nitrogens with zero attached hydrogens (tertiary/aromatic N) is 2. The van der Waals surface area contributed by atoms with Crippen LogP contribution in [0.4, 0.5) is 0 Å². The lowest BCUT2D eigenvalue weighted by Gasteiger charge is -2.27. The van der Waals surface area contributed by atoms with Crippen LogP contribution in [-0.4, -0.2) is 15.2 Å². The molecule has 2 unspecified atom stereocenters. The highest BCUT2D eigenvalue weighted by atomic mass is 16.5. The van der Waals surface area contributed by atoms with Gasteiger partial charge in [-0.2, -0.15) is 0 Å². The molecule has 51 heavy (non-hydrogen) atoms. The second-order valence-corrected chi connectivity index (χ2v) is 13.7. The van der Waals surface area contributed by atoms with E-state index in [-0.39, 0.29) is 12.0 Å². The maximum atomic E-state index is 6.66.